The van der Waals surface area contributed by atoms with Crippen LogP contribution in [0, 0.1) is 12.8 Å². The van der Waals surface area contributed by atoms with Crippen molar-refractivity contribution >= 4 is 12.0 Å². The third-order valence-electron chi connectivity index (χ3n) is 4.52. The molecule has 6 nitrogen and oxygen atoms in total. The Labute approximate surface area is 166 Å². The Morgan fingerprint density at radius 1 is 1.14 bits per heavy atom. The molecule has 0 radical (unpaired) electrons. The van der Waals surface area contributed by atoms with Crippen LogP contribution in [0.5, 0.6) is 5.75 Å². The summed E-state index contributed by atoms with van der Waals surface area (Å²) in [6.45, 7) is 6.16. The lowest BCUT2D eigenvalue weighted by Gasteiger charge is -2.23. The first-order valence-corrected chi connectivity index (χ1v) is 9.29. The van der Waals surface area contributed by atoms with Crippen molar-refractivity contribution in [1.82, 2.24) is 10.2 Å². The van der Waals surface area contributed by atoms with E-state index in [1.165, 1.54) is 10.5 Å². The minimum absolute atomic E-state index is 0.152. The van der Waals surface area contributed by atoms with Crippen molar-refractivity contribution in [3.05, 3.63) is 65.2 Å². The molecule has 6 heteroatoms. The summed E-state index contributed by atoms with van der Waals surface area (Å²) in [4.78, 5) is 24.5. The highest BCUT2D eigenvalue weighted by molar-refractivity contribution is 5.76. The van der Waals surface area contributed by atoms with Gasteiger partial charge in [-0.25, -0.2) is 4.79 Å². The van der Waals surface area contributed by atoms with Crippen LogP contribution >= 0.6 is 0 Å². The minimum atomic E-state index is -0.922. The van der Waals surface area contributed by atoms with Gasteiger partial charge < -0.3 is 20.1 Å². The van der Waals surface area contributed by atoms with Crippen molar-refractivity contribution in [3.63, 3.8) is 0 Å². The fourth-order valence-electron chi connectivity index (χ4n) is 2.77. The van der Waals surface area contributed by atoms with E-state index in [1.54, 1.807) is 14.0 Å². The number of hydrogen-bond donors (Lipinski definition) is 2. The van der Waals surface area contributed by atoms with Crippen LogP contribution in [0.1, 0.15) is 36.6 Å². The Morgan fingerprint density at radius 2 is 1.82 bits per heavy atom. The largest absolute Gasteiger partial charge is 0.489 e. The normalized spacial score (nSPS) is 12.7. The summed E-state index contributed by atoms with van der Waals surface area (Å²) in [5.74, 6) is -0.777. The fourth-order valence-corrected chi connectivity index (χ4v) is 2.77. The van der Waals surface area contributed by atoms with Crippen LogP contribution in [-0.2, 0) is 11.4 Å². The lowest BCUT2D eigenvalue weighted by Crippen LogP contribution is -2.41. The van der Waals surface area contributed by atoms with Crippen LogP contribution in [0.15, 0.2) is 48.5 Å². The number of nitrogens with zero attached hydrogens (tertiary/aromatic N) is 1. The number of aryl methyl sites for hydroxylation is 1. The highest BCUT2D eigenvalue weighted by atomic mass is 16.5. The van der Waals surface area contributed by atoms with Crippen molar-refractivity contribution in [2.75, 3.05) is 13.6 Å². The molecule has 2 rings (SSSR count). The van der Waals surface area contributed by atoms with E-state index < -0.39 is 11.9 Å². The number of hydrogen-bond acceptors (Lipinski definition) is 3. The first-order valence-electron chi connectivity index (χ1n) is 9.29. The third kappa shape index (κ3) is 6.30. The number of carbonyl (C=O) groups is 2. The maximum absolute atomic E-state index is 12.2. The quantitative estimate of drug-likeness (QED) is 0.721. The van der Waals surface area contributed by atoms with Crippen molar-refractivity contribution < 1.29 is 19.4 Å². The van der Waals surface area contributed by atoms with Gasteiger partial charge in [-0.2, -0.15) is 0 Å². The predicted octanol–water partition coefficient (Wildman–Crippen LogP) is 4.00. The summed E-state index contributed by atoms with van der Waals surface area (Å²) < 4.78 is 5.82. The summed E-state index contributed by atoms with van der Waals surface area (Å²) in [7, 11) is 1.59. The first kappa shape index (κ1) is 21.3. The maximum atomic E-state index is 12.2. The van der Waals surface area contributed by atoms with E-state index in [1.807, 2.05) is 56.3 Å². The number of ether oxygens (including phenoxy) is 1. The van der Waals surface area contributed by atoms with Crippen LogP contribution in [-0.4, -0.2) is 35.6 Å². The van der Waals surface area contributed by atoms with E-state index in [2.05, 4.69) is 11.4 Å². The molecule has 0 spiro atoms. The van der Waals surface area contributed by atoms with Gasteiger partial charge in [0.05, 0.1) is 12.0 Å². The molecule has 0 aliphatic carbocycles. The van der Waals surface area contributed by atoms with Crippen molar-refractivity contribution in [2.45, 2.75) is 33.4 Å². The van der Waals surface area contributed by atoms with E-state index in [0.717, 1.165) is 16.9 Å². The topological polar surface area (TPSA) is 78.9 Å². The second kappa shape index (κ2) is 9.78. The van der Waals surface area contributed by atoms with Gasteiger partial charge in [0.2, 0.25) is 0 Å². The number of aliphatic carboxylic acids is 1. The van der Waals surface area contributed by atoms with Crippen LogP contribution < -0.4 is 10.1 Å². The van der Waals surface area contributed by atoms with Crippen molar-refractivity contribution in [2.24, 2.45) is 5.92 Å². The number of nitrogens with one attached hydrogen (secondary N) is 1. The van der Waals surface area contributed by atoms with Crippen LogP contribution in [0.3, 0.4) is 0 Å². The highest BCUT2D eigenvalue weighted by Crippen LogP contribution is 2.19. The molecule has 0 bridgehead atoms. The molecule has 2 N–H and O–H groups in total. The van der Waals surface area contributed by atoms with Gasteiger partial charge in [-0.15, -0.1) is 0 Å². The standard InChI is InChI=1S/C22H28N2O4/c1-15-6-5-7-18(12-15)14-28-20-10-8-19(9-11-20)17(3)23-22(27)24(4)13-16(2)21(25)26/h5-12,16-17H,13-14H2,1-4H3,(H,23,27)(H,25,26). The third-order valence-corrected chi connectivity index (χ3v) is 4.52. The maximum Gasteiger partial charge on any atom is 0.317 e. The molecule has 0 aromatic heterocycles. The molecule has 2 unspecified atom stereocenters. The Kier molecular flexibility index (Phi) is 7.44. The van der Waals surface area contributed by atoms with Crippen LogP contribution in [0.25, 0.3) is 0 Å². The Balaban J connectivity index is 1.87. The van der Waals surface area contributed by atoms with E-state index in [9.17, 15) is 9.59 Å². The molecule has 2 amide bonds. The average Bonchev–Trinajstić information content (AvgIpc) is 2.66. The van der Waals surface area contributed by atoms with Crippen LogP contribution in [0.2, 0.25) is 0 Å². The first-order chi connectivity index (χ1) is 13.3. The zero-order valence-electron chi connectivity index (χ0n) is 16.8. The zero-order valence-corrected chi connectivity index (χ0v) is 16.8. The van der Waals surface area contributed by atoms with Gasteiger partial charge in [0, 0.05) is 13.6 Å². The molecule has 0 saturated carbocycles. The number of carboxylic acids is 1. The van der Waals surface area contributed by atoms with Gasteiger partial charge in [0.25, 0.3) is 0 Å². The number of rotatable bonds is 8. The lowest BCUT2D eigenvalue weighted by molar-refractivity contribution is -0.141. The van der Waals surface area contributed by atoms with Gasteiger partial charge in [-0.1, -0.05) is 48.9 Å². The summed E-state index contributed by atoms with van der Waals surface area (Å²) >= 11 is 0. The molecule has 0 heterocycles. The number of benzene rings is 2. The monoisotopic (exact) mass is 384 g/mol. The smallest absolute Gasteiger partial charge is 0.317 e. The van der Waals surface area contributed by atoms with Crippen molar-refractivity contribution in [3.8, 4) is 5.75 Å². The van der Waals surface area contributed by atoms with Gasteiger partial charge >= 0.3 is 12.0 Å². The molecule has 0 saturated heterocycles. The molecule has 2 aromatic carbocycles. The summed E-state index contributed by atoms with van der Waals surface area (Å²) in [6, 6.07) is 15.2. The second-order valence-corrected chi connectivity index (χ2v) is 7.14. The molecule has 150 valence electrons. The van der Waals surface area contributed by atoms with E-state index in [4.69, 9.17) is 9.84 Å². The molecular formula is C22H28N2O4. The van der Waals surface area contributed by atoms with Gasteiger partial charge in [0.15, 0.2) is 0 Å². The average molecular weight is 384 g/mol. The molecule has 0 fully saturated rings. The van der Waals surface area contributed by atoms with Gasteiger partial charge in [-0.3, -0.25) is 4.79 Å². The molecule has 2 atom stereocenters. The number of urea groups is 1. The van der Waals surface area contributed by atoms with E-state index in [-0.39, 0.29) is 18.6 Å². The molecule has 0 aliphatic rings. The van der Waals surface area contributed by atoms with Crippen LogP contribution in [0.4, 0.5) is 4.79 Å². The SMILES string of the molecule is Cc1cccc(COc2ccc(C(C)NC(=O)N(C)CC(C)C(=O)O)cc2)c1. The van der Waals surface area contributed by atoms with Crippen molar-refractivity contribution in [1.29, 1.82) is 0 Å². The summed E-state index contributed by atoms with van der Waals surface area (Å²) in [5.41, 5.74) is 3.25. The van der Waals surface area contributed by atoms with Gasteiger partial charge in [0.1, 0.15) is 12.4 Å². The zero-order chi connectivity index (χ0) is 20.7. The highest BCUT2D eigenvalue weighted by Gasteiger charge is 2.19. The molecular weight excluding hydrogens is 356 g/mol. The fraction of sp³-hybridized carbons (Fsp3) is 0.364. The minimum Gasteiger partial charge on any atom is -0.489 e. The molecule has 28 heavy (non-hydrogen) atoms. The van der Waals surface area contributed by atoms with E-state index in [0.29, 0.717) is 6.61 Å². The Hall–Kier alpha value is -3.02. The summed E-state index contributed by atoms with van der Waals surface area (Å²) in [5, 5.41) is 11.8. The Bertz CT molecular complexity index is 804. The Morgan fingerprint density at radius 3 is 2.43 bits per heavy atom. The van der Waals surface area contributed by atoms with Gasteiger partial charge in [-0.05, 0) is 37.1 Å². The molecule has 2 aromatic rings. The predicted molar refractivity (Wildman–Crippen MR) is 108 cm³/mol. The van der Waals surface area contributed by atoms with E-state index >= 15 is 0 Å². The molecule has 0 aliphatic heterocycles. The number of carboxylic acid groups (broad SMARTS) is 1. The second-order valence-electron chi connectivity index (χ2n) is 7.14. The summed E-state index contributed by atoms with van der Waals surface area (Å²) in [6.07, 6.45) is 0. The lowest BCUT2D eigenvalue weighted by atomic mass is 10.1. The number of amides is 2. The number of carbonyl (C=O) groups excluding carboxylic acids is 1.